The van der Waals surface area contributed by atoms with E-state index < -0.39 is 5.79 Å². The molecule has 1 aliphatic rings. The second kappa shape index (κ2) is 6.75. The third-order valence-corrected chi connectivity index (χ3v) is 4.26. The Bertz CT molecular complexity index is 806. The van der Waals surface area contributed by atoms with Crippen LogP contribution in [-0.4, -0.2) is 36.4 Å². The molecule has 1 aromatic heterocycles. The summed E-state index contributed by atoms with van der Waals surface area (Å²) in [6, 6.07) is 7.46. The van der Waals surface area contributed by atoms with Crippen LogP contribution in [0.1, 0.15) is 24.5 Å². The molecule has 6 nitrogen and oxygen atoms in total. The van der Waals surface area contributed by atoms with Crippen LogP contribution < -0.4 is 10.9 Å². The molecule has 1 aromatic carbocycles. The topological polar surface area (TPSA) is 80.4 Å². The van der Waals surface area contributed by atoms with Crippen LogP contribution >= 0.6 is 0 Å². The number of carbonyl (C=O) groups excluding carboxylic acids is 1. The van der Waals surface area contributed by atoms with Crippen LogP contribution in [0.15, 0.2) is 29.1 Å². The maximum atomic E-state index is 12.1. The van der Waals surface area contributed by atoms with Crippen LogP contribution in [-0.2, 0) is 20.7 Å². The van der Waals surface area contributed by atoms with E-state index >= 15 is 0 Å². The van der Waals surface area contributed by atoms with Crippen LogP contribution in [0, 0.1) is 6.92 Å². The summed E-state index contributed by atoms with van der Waals surface area (Å²) in [5.74, 6) is -0.628. The van der Waals surface area contributed by atoms with Gasteiger partial charge < -0.3 is 19.8 Å². The first kappa shape index (κ1) is 16.7. The van der Waals surface area contributed by atoms with Gasteiger partial charge in [-0.3, -0.25) is 9.59 Å². The maximum Gasteiger partial charge on any atom is 0.251 e. The first-order valence-electron chi connectivity index (χ1n) is 8.12. The van der Waals surface area contributed by atoms with E-state index in [0.29, 0.717) is 38.2 Å². The third-order valence-electron chi connectivity index (χ3n) is 4.26. The van der Waals surface area contributed by atoms with Gasteiger partial charge in [-0.15, -0.1) is 0 Å². The molecule has 1 amide bonds. The van der Waals surface area contributed by atoms with E-state index in [1.807, 2.05) is 31.2 Å². The van der Waals surface area contributed by atoms with Gasteiger partial charge in [-0.1, -0.05) is 6.07 Å². The minimum Gasteiger partial charge on any atom is -0.356 e. The Hall–Kier alpha value is -2.18. The second-order valence-electron chi connectivity index (χ2n) is 6.31. The van der Waals surface area contributed by atoms with Crippen molar-refractivity contribution in [1.29, 1.82) is 0 Å². The van der Waals surface area contributed by atoms with Crippen LogP contribution in [0.5, 0.6) is 0 Å². The van der Waals surface area contributed by atoms with E-state index in [4.69, 9.17) is 9.47 Å². The first-order chi connectivity index (χ1) is 11.5. The number of ether oxygens (including phenoxy) is 2. The number of rotatable bonds is 5. The molecule has 3 rings (SSSR count). The highest BCUT2D eigenvalue weighted by atomic mass is 16.7. The Morgan fingerprint density at radius 3 is 2.79 bits per heavy atom. The Morgan fingerprint density at radius 1 is 1.29 bits per heavy atom. The molecule has 1 saturated heterocycles. The molecule has 128 valence electrons. The van der Waals surface area contributed by atoms with E-state index in [1.54, 1.807) is 6.92 Å². The standard InChI is InChI=1S/C18H22N2O4/c1-12-9-14-10-13(3-4-15(14)20-17(12)22)11-16(21)19-6-5-18(2)23-7-8-24-18/h3-4,9-10H,5-8,11H2,1-2H3,(H,19,21)(H,20,22). The highest BCUT2D eigenvalue weighted by molar-refractivity contribution is 5.83. The summed E-state index contributed by atoms with van der Waals surface area (Å²) in [5, 5.41) is 3.82. The summed E-state index contributed by atoms with van der Waals surface area (Å²) >= 11 is 0. The second-order valence-corrected chi connectivity index (χ2v) is 6.31. The van der Waals surface area contributed by atoms with Gasteiger partial charge in [0.1, 0.15) is 0 Å². The fourth-order valence-corrected chi connectivity index (χ4v) is 2.85. The molecule has 2 heterocycles. The molecule has 0 unspecified atom stereocenters. The molecule has 0 saturated carbocycles. The summed E-state index contributed by atoms with van der Waals surface area (Å²) in [7, 11) is 0. The number of carbonyl (C=O) groups is 1. The van der Waals surface area contributed by atoms with Gasteiger partial charge in [0.15, 0.2) is 5.79 Å². The number of nitrogens with one attached hydrogen (secondary N) is 2. The van der Waals surface area contributed by atoms with Gasteiger partial charge in [-0.2, -0.15) is 0 Å². The molecular formula is C18H22N2O4. The van der Waals surface area contributed by atoms with Crippen molar-refractivity contribution in [3.8, 4) is 0 Å². The quantitative estimate of drug-likeness (QED) is 0.873. The number of fused-ring (bicyclic) bond motifs is 1. The zero-order valence-corrected chi connectivity index (χ0v) is 14.0. The van der Waals surface area contributed by atoms with Crippen molar-refractivity contribution in [2.75, 3.05) is 19.8 Å². The van der Waals surface area contributed by atoms with E-state index in [-0.39, 0.29) is 11.5 Å². The van der Waals surface area contributed by atoms with Crippen LogP contribution in [0.2, 0.25) is 0 Å². The lowest BCUT2D eigenvalue weighted by Gasteiger charge is -2.22. The normalized spacial score (nSPS) is 16.4. The predicted octanol–water partition coefficient (Wildman–Crippen LogP) is 1.65. The number of benzene rings is 1. The predicted molar refractivity (Wildman–Crippen MR) is 90.9 cm³/mol. The largest absolute Gasteiger partial charge is 0.356 e. The van der Waals surface area contributed by atoms with Gasteiger partial charge in [-0.25, -0.2) is 0 Å². The number of H-pyrrole nitrogens is 1. The Morgan fingerprint density at radius 2 is 2.04 bits per heavy atom. The van der Waals surface area contributed by atoms with Gasteiger partial charge in [0, 0.05) is 24.0 Å². The summed E-state index contributed by atoms with van der Waals surface area (Å²) in [6.45, 7) is 5.37. The van der Waals surface area contributed by atoms with Crippen molar-refractivity contribution in [3.05, 3.63) is 45.7 Å². The fourth-order valence-electron chi connectivity index (χ4n) is 2.85. The molecule has 0 atom stereocenters. The fraction of sp³-hybridized carbons (Fsp3) is 0.444. The molecule has 6 heteroatoms. The molecule has 2 N–H and O–H groups in total. The molecule has 24 heavy (non-hydrogen) atoms. The zero-order valence-electron chi connectivity index (χ0n) is 14.0. The number of hydrogen-bond donors (Lipinski definition) is 2. The van der Waals surface area contributed by atoms with Crippen molar-refractivity contribution in [1.82, 2.24) is 10.3 Å². The minimum absolute atomic E-state index is 0.0444. The summed E-state index contributed by atoms with van der Waals surface area (Å²) in [4.78, 5) is 26.5. The monoisotopic (exact) mass is 330 g/mol. The van der Waals surface area contributed by atoms with Gasteiger partial charge in [-0.05, 0) is 43.0 Å². The minimum atomic E-state index is -0.584. The number of hydrogen-bond acceptors (Lipinski definition) is 4. The first-order valence-corrected chi connectivity index (χ1v) is 8.12. The van der Waals surface area contributed by atoms with Crippen molar-refractivity contribution < 1.29 is 14.3 Å². The van der Waals surface area contributed by atoms with Crippen LogP contribution in [0.25, 0.3) is 10.9 Å². The van der Waals surface area contributed by atoms with Gasteiger partial charge >= 0.3 is 0 Å². The lowest BCUT2D eigenvalue weighted by atomic mass is 10.1. The SMILES string of the molecule is Cc1cc2cc(CC(=O)NCCC3(C)OCCO3)ccc2[nH]c1=O. The highest BCUT2D eigenvalue weighted by Gasteiger charge is 2.30. The van der Waals surface area contributed by atoms with Crippen molar-refractivity contribution in [2.45, 2.75) is 32.5 Å². The van der Waals surface area contributed by atoms with Crippen LogP contribution in [0.4, 0.5) is 0 Å². The third kappa shape index (κ3) is 3.83. The molecule has 1 aliphatic heterocycles. The Kier molecular flexibility index (Phi) is 4.69. The van der Waals surface area contributed by atoms with E-state index in [2.05, 4.69) is 10.3 Å². The lowest BCUT2D eigenvalue weighted by molar-refractivity contribution is -0.146. The van der Waals surface area contributed by atoms with Gasteiger partial charge in [0.2, 0.25) is 5.91 Å². The molecule has 2 aromatic rings. The van der Waals surface area contributed by atoms with E-state index in [1.165, 1.54) is 0 Å². The van der Waals surface area contributed by atoms with Crippen molar-refractivity contribution in [3.63, 3.8) is 0 Å². The smallest absolute Gasteiger partial charge is 0.251 e. The summed E-state index contributed by atoms with van der Waals surface area (Å²) in [6.07, 6.45) is 0.920. The average Bonchev–Trinajstić information content (AvgIpc) is 2.95. The molecule has 0 spiro atoms. The molecular weight excluding hydrogens is 308 g/mol. The maximum absolute atomic E-state index is 12.1. The summed E-state index contributed by atoms with van der Waals surface area (Å²) < 4.78 is 11.0. The summed E-state index contributed by atoms with van der Waals surface area (Å²) in [5.41, 5.74) is 2.26. The number of aryl methyl sites for hydroxylation is 1. The number of pyridine rings is 1. The molecule has 0 aliphatic carbocycles. The number of aromatic amines is 1. The number of aromatic nitrogens is 1. The zero-order chi connectivity index (χ0) is 17.2. The van der Waals surface area contributed by atoms with Crippen molar-refractivity contribution >= 4 is 16.8 Å². The van der Waals surface area contributed by atoms with Crippen molar-refractivity contribution in [2.24, 2.45) is 0 Å². The van der Waals surface area contributed by atoms with Gasteiger partial charge in [0.05, 0.1) is 19.6 Å². The van der Waals surface area contributed by atoms with E-state index in [0.717, 1.165) is 16.5 Å². The Balaban J connectivity index is 1.58. The van der Waals surface area contributed by atoms with Gasteiger partial charge in [0.25, 0.3) is 5.56 Å². The van der Waals surface area contributed by atoms with Crippen LogP contribution in [0.3, 0.4) is 0 Å². The Labute approximate surface area is 140 Å². The highest BCUT2D eigenvalue weighted by Crippen LogP contribution is 2.21. The molecule has 0 bridgehead atoms. The van der Waals surface area contributed by atoms with E-state index in [9.17, 15) is 9.59 Å². The number of amides is 1. The molecule has 0 radical (unpaired) electrons. The lowest BCUT2D eigenvalue weighted by Crippen LogP contribution is -2.34. The average molecular weight is 330 g/mol. The molecule has 1 fully saturated rings.